The molecule has 0 saturated heterocycles. The van der Waals surface area contributed by atoms with Crippen molar-refractivity contribution >= 4 is 49.9 Å². The molecule has 0 saturated carbocycles. The van der Waals surface area contributed by atoms with Crippen LogP contribution in [0.4, 0.5) is 5.69 Å². The molecule has 2 aromatic carbocycles. The van der Waals surface area contributed by atoms with Crippen LogP contribution < -0.4 is 14.8 Å². The number of aromatic nitrogens is 3. The summed E-state index contributed by atoms with van der Waals surface area (Å²) in [5.41, 5.74) is 3.01. The Morgan fingerprint density at radius 3 is 2.53 bits per heavy atom. The Labute approximate surface area is 199 Å². The largest absolute Gasteiger partial charge is 0.454 e. The van der Waals surface area contributed by atoms with Crippen molar-refractivity contribution in [2.75, 3.05) is 32.0 Å². The van der Waals surface area contributed by atoms with Crippen molar-refractivity contribution < 1.29 is 22.7 Å². The van der Waals surface area contributed by atoms with Crippen LogP contribution in [0.5, 0.6) is 11.5 Å². The maximum absolute atomic E-state index is 12.6. The Morgan fingerprint density at radius 2 is 1.82 bits per heavy atom. The molecule has 34 heavy (non-hydrogen) atoms. The van der Waals surface area contributed by atoms with Crippen molar-refractivity contribution in [3.63, 3.8) is 0 Å². The molecule has 2 aromatic heterocycles. The number of rotatable bonds is 6. The van der Waals surface area contributed by atoms with E-state index < -0.39 is 10.0 Å². The standard InChI is InChI=1S/C22H21N5O5S2/c1-13-8-14-9-18-19(32-12-31-18)10-17(14)27-21(13)24-25-22(27)33-11-20(28)23-15-4-6-16(7-5-15)34(29,30)26(2)3/h4-10H,11-12H2,1-3H3,(H,23,28). The second kappa shape index (κ2) is 8.46. The molecule has 5 rings (SSSR count). The molecule has 0 atom stereocenters. The fourth-order valence-electron chi connectivity index (χ4n) is 3.64. The van der Waals surface area contributed by atoms with Crippen molar-refractivity contribution in [2.24, 2.45) is 0 Å². The third kappa shape index (κ3) is 3.93. The molecular weight excluding hydrogens is 478 g/mol. The molecule has 0 bridgehead atoms. The summed E-state index contributed by atoms with van der Waals surface area (Å²) in [6.45, 7) is 2.13. The second-order valence-electron chi connectivity index (χ2n) is 7.88. The van der Waals surface area contributed by atoms with Gasteiger partial charge in [0.1, 0.15) is 0 Å². The number of sulfonamides is 1. The Morgan fingerprint density at radius 1 is 1.12 bits per heavy atom. The van der Waals surface area contributed by atoms with Gasteiger partial charge in [-0.2, -0.15) is 0 Å². The van der Waals surface area contributed by atoms with Crippen LogP contribution in [0.1, 0.15) is 5.56 Å². The first-order valence-electron chi connectivity index (χ1n) is 10.3. The summed E-state index contributed by atoms with van der Waals surface area (Å²) in [7, 11) is -0.591. The molecule has 0 spiro atoms. The first-order chi connectivity index (χ1) is 16.2. The molecule has 0 aliphatic carbocycles. The summed E-state index contributed by atoms with van der Waals surface area (Å²) in [6.07, 6.45) is 0. The molecule has 0 fully saturated rings. The van der Waals surface area contributed by atoms with E-state index in [0.29, 0.717) is 28.0 Å². The number of amides is 1. The van der Waals surface area contributed by atoms with E-state index >= 15 is 0 Å². The Bertz CT molecular complexity index is 1530. The number of nitrogens with one attached hydrogen (secondary N) is 1. The number of hydrogen-bond acceptors (Lipinski definition) is 8. The lowest BCUT2D eigenvalue weighted by Gasteiger charge is -2.12. The van der Waals surface area contributed by atoms with Gasteiger partial charge in [0, 0.05) is 31.2 Å². The van der Waals surface area contributed by atoms with Gasteiger partial charge in [0.05, 0.1) is 16.2 Å². The van der Waals surface area contributed by atoms with Crippen molar-refractivity contribution in [3.05, 3.63) is 48.0 Å². The topological polar surface area (TPSA) is 115 Å². The Hall–Kier alpha value is -3.35. The van der Waals surface area contributed by atoms with E-state index in [9.17, 15) is 13.2 Å². The maximum atomic E-state index is 12.6. The van der Waals surface area contributed by atoms with Gasteiger partial charge in [-0.25, -0.2) is 12.7 Å². The van der Waals surface area contributed by atoms with Crippen LogP contribution in [0.2, 0.25) is 0 Å². The molecule has 176 valence electrons. The fraction of sp³-hybridized carbons (Fsp3) is 0.227. The molecule has 0 radical (unpaired) electrons. The lowest BCUT2D eigenvalue weighted by atomic mass is 10.1. The summed E-state index contributed by atoms with van der Waals surface area (Å²) >= 11 is 1.25. The van der Waals surface area contributed by atoms with Crippen molar-refractivity contribution in [1.82, 2.24) is 18.9 Å². The third-order valence-corrected chi connectivity index (χ3v) is 8.13. The molecule has 1 N–H and O–H groups in total. The summed E-state index contributed by atoms with van der Waals surface area (Å²) in [4.78, 5) is 12.7. The van der Waals surface area contributed by atoms with Gasteiger partial charge < -0.3 is 14.8 Å². The minimum absolute atomic E-state index is 0.0958. The number of carbonyl (C=O) groups is 1. The van der Waals surface area contributed by atoms with Crippen molar-refractivity contribution in [2.45, 2.75) is 17.0 Å². The minimum Gasteiger partial charge on any atom is -0.454 e. The monoisotopic (exact) mass is 499 g/mol. The number of pyridine rings is 1. The van der Waals surface area contributed by atoms with Crippen LogP contribution in [-0.4, -0.2) is 59.9 Å². The van der Waals surface area contributed by atoms with E-state index in [0.717, 1.165) is 20.8 Å². The Kier molecular flexibility index (Phi) is 5.58. The van der Waals surface area contributed by atoms with E-state index in [2.05, 4.69) is 15.5 Å². The second-order valence-corrected chi connectivity index (χ2v) is 11.0. The summed E-state index contributed by atoms with van der Waals surface area (Å²) < 4.78 is 38.4. The van der Waals surface area contributed by atoms with E-state index in [4.69, 9.17) is 9.47 Å². The third-order valence-electron chi connectivity index (χ3n) is 5.37. The van der Waals surface area contributed by atoms with Gasteiger partial charge in [0.2, 0.25) is 22.7 Å². The molecule has 1 amide bonds. The van der Waals surface area contributed by atoms with Crippen LogP contribution in [0, 0.1) is 6.92 Å². The molecule has 10 nitrogen and oxygen atoms in total. The van der Waals surface area contributed by atoms with Crippen LogP contribution >= 0.6 is 11.8 Å². The molecule has 4 aromatic rings. The van der Waals surface area contributed by atoms with E-state index in [1.54, 1.807) is 12.1 Å². The zero-order valence-electron chi connectivity index (χ0n) is 18.6. The van der Waals surface area contributed by atoms with Crippen LogP contribution in [0.15, 0.2) is 52.5 Å². The molecule has 1 aliphatic rings. The predicted molar refractivity (Wildman–Crippen MR) is 128 cm³/mol. The zero-order chi connectivity index (χ0) is 24.0. The minimum atomic E-state index is -3.53. The lowest BCUT2D eigenvalue weighted by molar-refractivity contribution is -0.113. The summed E-state index contributed by atoms with van der Waals surface area (Å²) in [5.74, 6) is 1.19. The van der Waals surface area contributed by atoms with Gasteiger partial charge in [-0.15, -0.1) is 10.2 Å². The number of carbonyl (C=O) groups excluding carboxylic acids is 1. The molecule has 3 heterocycles. The first-order valence-corrected chi connectivity index (χ1v) is 12.7. The van der Waals surface area contributed by atoms with Crippen molar-refractivity contribution in [1.29, 1.82) is 0 Å². The predicted octanol–water partition coefficient (Wildman–Crippen LogP) is 2.90. The Balaban J connectivity index is 1.35. The number of anilines is 1. The zero-order valence-corrected chi connectivity index (χ0v) is 20.2. The van der Waals surface area contributed by atoms with Gasteiger partial charge in [0.15, 0.2) is 22.3 Å². The number of ether oxygens (including phenoxy) is 2. The van der Waals surface area contributed by atoms with E-state index in [-0.39, 0.29) is 23.3 Å². The van der Waals surface area contributed by atoms with Gasteiger partial charge in [-0.3, -0.25) is 9.20 Å². The fourth-order valence-corrected chi connectivity index (χ4v) is 5.28. The molecule has 0 unspecified atom stereocenters. The SMILES string of the molecule is Cc1cc2cc3c(cc2n2c(SCC(=O)Nc4ccc(S(=O)(=O)N(C)C)cc4)nnc12)OCO3. The highest BCUT2D eigenvalue weighted by Gasteiger charge is 2.20. The smallest absolute Gasteiger partial charge is 0.242 e. The highest BCUT2D eigenvalue weighted by Crippen LogP contribution is 2.37. The highest BCUT2D eigenvalue weighted by molar-refractivity contribution is 7.99. The molecule has 1 aliphatic heterocycles. The average Bonchev–Trinajstić information content (AvgIpc) is 3.44. The van der Waals surface area contributed by atoms with Gasteiger partial charge in [-0.1, -0.05) is 11.8 Å². The van der Waals surface area contributed by atoms with Crippen LogP contribution in [0.25, 0.3) is 16.6 Å². The van der Waals surface area contributed by atoms with E-state index in [1.807, 2.05) is 29.5 Å². The van der Waals surface area contributed by atoms with Crippen molar-refractivity contribution in [3.8, 4) is 11.5 Å². The number of aryl methyl sites for hydroxylation is 1. The van der Waals surface area contributed by atoms with Gasteiger partial charge in [0.25, 0.3) is 0 Å². The first kappa shape index (κ1) is 22.4. The molecule has 12 heteroatoms. The number of thioether (sulfide) groups is 1. The van der Waals surface area contributed by atoms with Gasteiger partial charge in [-0.05, 0) is 48.9 Å². The summed E-state index contributed by atoms with van der Waals surface area (Å²) in [6, 6.07) is 11.9. The normalized spacial score (nSPS) is 13.2. The van der Waals surface area contributed by atoms with Gasteiger partial charge >= 0.3 is 0 Å². The van der Waals surface area contributed by atoms with Crippen LogP contribution in [-0.2, 0) is 14.8 Å². The molecular formula is C22H21N5O5S2. The number of fused-ring (bicyclic) bond motifs is 4. The maximum Gasteiger partial charge on any atom is 0.242 e. The highest BCUT2D eigenvalue weighted by atomic mass is 32.2. The quantitative estimate of drug-likeness (QED) is 0.403. The number of benzene rings is 2. The summed E-state index contributed by atoms with van der Waals surface area (Å²) in [5, 5.41) is 12.9. The average molecular weight is 500 g/mol. The van der Waals surface area contributed by atoms with Crippen LogP contribution in [0.3, 0.4) is 0 Å². The number of hydrogen-bond donors (Lipinski definition) is 1. The van der Waals surface area contributed by atoms with E-state index in [1.165, 1.54) is 38.0 Å². The number of nitrogens with zero attached hydrogens (tertiary/aromatic N) is 4. The lowest BCUT2D eigenvalue weighted by Crippen LogP contribution is -2.22.